The van der Waals surface area contributed by atoms with Gasteiger partial charge >= 0.3 is 0 Å². The van der Waals surface area contributed by atoms with Gasteiger partial charge in [-0.25, -0.2) is 8.42 Å². The molecule has 1 saturated heterocycles. The minimum absolute atomic E-state index is 0.0352. The summed E-state index contributed by atoms with van der Waals surface area (Å²) in [4.78, 5) is 0.268. The van der Waals surface area contributed by atoms with Crippen LogP contribution in [-0.2, 0) is 10.0 Å². The predicted octanol–water partition coefficient (Wildman–Crippen LogP) is 2.21. The number of aliphatic hydroxyl groups excluding tert-OH is 1. The Balaban J connectivity index is 2.31. The molecule has 1 fully saturated rings. The molecule has 1 aliphatic heterocycles. The SMILES string of the molecule is O=S(=O)(c1ccc(Br)cc1Br)N1CC[C@@H](CO)C1. The Kier molecular flexibility index (Phi) is 4.48. The normalized spacial score (nSPS) is 21.4. The highest BCUT2D eigenvalue weighted by Gasteiger charge is 2.33. The Bertz CT molecular complexity index is 547. The zero-order valence-electron chi connectivity index (χ0n) is 9.51. The van der Waals surface area contributed by atoms with E-state index in [-0.39, 0.29) is 17.4 Å². The number of hydrogen-bond donors (Lipinski definition) is 1. The van der Waals surface area contributed by atoms with Gasteiger partial charge in [0.2, 0.25) is 10.0 Å². The number of rotatable bonds is 3. The number of hydrogen-bond acceptors (Lipinski definition) is 3. The van der Waals surface area contributed by atoms with Crippen molar-refractivity contribution in [3.63, 3.8) is 0 Å². The molecule has 1 aliphatic rings. The third-order valence-electron chi connectivity index (χ3n) is 3.02. The Morgan fingerprint density at radius 2 is 2.11 bits per heavy atom. The molecule has 0 aromatic heterocycles. The van der Waals surface area contributed by atoms with E-state index in [4.69, 9.17) is 5.11 Å². The van der Waals surface area contributed by atoms with E-state index in [0.717, 1.165) is 4.47 Å². The van der Waals surface area contributed by atoms with Crippen LogP contribution in [-0.4, -0.2) is 37.5 Å². The van der Waals surface area contributed by atoms with E-state index < -0.39 is 10.0 Å². The van der Waals surface area contributed by atoms with Crippen LogP contribution in [0.1, 0.15) is 6.42 Å². The summed E-state index contributed by atoms with van der Waals surface area (Å²) in [7, 11) is -3.47. The van der Waals surface area contributed by atoms with Crippen molar-refractivity contribution in [3.8, 4) is 0 Å². The zero-order valence-corrected chi connectivity index (χ0v) is 13.5. The first kappa shape index (κ1) is 14.5. The summed E-state index contributed by atoms with van der Waals surface area (Å²) < 4.78 is 27.7. The van der Waals surface area contributed by atoms with Crippen LogP contribution in [0.5, 0.6) is 0 Å². The fraction of sp³-hybridized carbons (Fsp3) is 0.455. The van der Waals surface area contributed by atoms with Crippen LogP contribution >= 0.6 is 31.9 Å². The molecule has 100 valence electrons. The lowest BCUT2D eigenvalue weighted by Crippen LogP contribution is -2.29. The first-order chi connectivity index (χ1) is 8.45. The third-order valence-corrected chi connectivity index (χ3v) is 6.35. The molecule has 1 heterocycles. The van der Waals surface area contributed by atoms with Crippen LogP contribution in [0.15, 0.2) is 32.0 Å². The molecule has 0 aliphatic carbocycles. The summed E-state index contributed by atoms with van der Waals surface area (Å²) in [6.07, 6.45) is 0.712. The van der Waals surface area contributed by atoms with Crippen LogP contribution in [0, 0.1) is 5.92 Å². The van der Waals surface area contributed by atoms with Gasteiger partial charge < -0.3 is 5.11 Å². The van der Waals surface area contributed by atoms with Crippen molar-refractivity contribution >= 4 is 41.9 Å². The number of halogens is 2. The molecule has 1 aromatic rings. The summed E-state index contributed by atoms with van der Waals surface area (Å²) in [5.41, 5.74) is 0. The number of benzene rings is 1. The van der Waals surface area contributed by atoms with Crippen LogP contribution in [0.4, 0.5) is 0 Å². The third kappa shape index (κ3) is 2.80. The molecule has 18 heavy (non-hydrogen) atoms. The van der Waals surface area contributed by atoms with Gasteiger partial charge in [-0.2, -0.15) is 4.31 Å². The minimum Gasteiger partial charge on any atom is -0.396 e. The summed E-state index contributed by atoms with van der Waals surface area (Å²) >= 11 is 6.57. The fourth-order valence-electron chi connectivity index (χ4n) is 1.99. The van der Waals surface area contributed by atoms with Crippen molar-refractivity contribution in [3.05, 3.63) is 27.1 Å². The Morgan fingerprint density at radius 3 is 2.67 bits per heavy atom. The summed E-state index contributed by atoms with van der Waals surface area (Å²) in [6.45, 7) is 0.894. The van der Waals surface area contributed by atoms with Gasteiger partial charge in [0.05, 0.1) is 4.90 Å². The van der Waals surface area contributed by atoms with Gasteiger partial charge in [0.25, 0.3) is 0 Å². The largest absolute Gasteiger partial charge is 0.396 e. The Morgan fingerprint density at radius 1 is 1.39 bits per heavy atom. The molecule has 2 rings (SSSR count). The molecular weight excluding hydrogens is 386 g/mol. The zero-order chi connectivity index (χ0) is 13.3. The van der Waals surface area contributed by atoms with E-state index in [0.29, 0.717) is 24.0 Å². The van der Waals surface area contributed by atoms with Crippen molar-refractivity contribution in [2.75, 3.05) is 19.7 Å². The highest BCUT2D eigenvalue weighted by Crippen LogP contribution is 2.30. The van der Waals surface area contributed by atoms with E-state index >= 15 is 0 Å². The first-order valence-electron chi connectivity index (χ1n) is 5.51. The maximum atomic E-state index is 12.4. The maximum Gasteiger partial charge on any atom is 0.244 e. The number of nitrogens with zero attached hydrogens (tertiary/aromatic N) is 1. The van der Waals surface area contributed by atoms with Crippen molar-refractivity contribution in [1.82, 2.24) is 4.31 Å². The second-order valence-corrected chi connectivity index (χ2v) is 7.95. The van der Waals surface area contributed by atoms with E-state index in [2.05, 4.69) is 31.9 Å². The van der Waals surface area contributed by atoms with Gasteiger partial charge in [0, 0.05) is 28.6 Å². The van der Waals surface area contributed by atoms with Crippen LogP contribution < -0.4 is 0 Å². The van der Waals surface area contributed by atoms with Crippen LogP contribution in [0.2, 0.25) is 0 Å². The molecule has 1 atom stereocenters. The summed E-state index contributed by atoms with van der Waals surface area (Å²) in [5, 5.41) is 9.07. The first-order valence-corrected chi connectivity index (χ1v) is 8.54. The van der Waals surface area contributed by atoms with Gasteiger partial charge in [-0.05, 0) is 46.5 Å². The summed E-state index contributed by atoms with van der Waals surface area (Å²) in [5.74, 6) is 0.0500. The quantitative estimate of drug-likeness (QED) is 0.849. The molecule has 0 unspecified atom stereocenters. The van der Waals surface area contributed by atoms with Gasteiger partial charge in [-0.15, -0.1) is 0 Å². The molecule has 0 spiro atoms. The van der Waals surface area contributed by atoms with E-state index in [1.54, 1.807) is 18.2 Å². The minimum atomic E-state index is -3.47. The Labute approximate surface area is 123 Å². The fourth-order valence-corrected chi connectivity index (χ4v) is 5.23. The lowest BCUT2D eigenvalue weighted by atomic mass is 10.1. The predicted molar refractivity (Wildman–Crippen MR) is 75.8 cm³/mol. The van der Waals surface area contributed by atoms with Gasteiger partial charge in [-0.3, -0.25) is 0 Å². The average Bonchev–Trinajstić information content (AvgIpc) is 2.77. The number of sulfonamides is 1. The maximum absolute atomic E-state index is 12.4. The molecule has 0 bridgehead atoms. The molecule has 0 radical (unpaired) electrons. The number of aliphatic hydroxyl groups is 1. The molecule has 7 heteroatoms. The lowest BCUT2D eigenvalue weighted by molar-refractivity contribution is 0.233. The van der Waals surface area contributed by atoms with E-state index in [9.17, 15) is 8.42 Å². The van der Waals surface area contributed by atoms with Crippen LogP contribution in [0.3, 0.4) is 0 Å². The molecule has 1 N–H and O–H groups in total. The van der Waals surface area contributed by atoms with Crippen LogP contribution in [0.25, 0.3) is 0 Å². The molecule has 4 nitrogen and oxygen atoms in total. The highest BCUT2D eigenvalue weighted by molar-refractivity contribution is 9.11. The topological polar surface area (TPSA) is 57.6 Å². The monoisotopic (exact) mass is 397 g/mol. The molecule has 0 amide bonds. The van der Waals surface area contributed by atoms with Crippen molar-refractivity contribution in [1.29, 1.82) is 0 Å². The van der Waals surface area contributed by atoms with Crippen molar-refractivity contribution in [2.45, 2.75) is 11.3 Å². The lowest BCUT2D eigenvalue weighted by Gasteiger charge is -2.17. The second kappa shape index (κ2) is 5.58. The van der Waals surface area contributed by atoms with E-state index in [1.807, 2.05) is 0 Å². The van der Waals surface area contributed by atoms with Gasteiger partial charge in [-0.1, -0.05) is 15.9 Å². The molecule has 0 saturated carbocycles. The Hall–Kier alpha value is 0.0500. The van der Waals surface area contributed by atoms with Gasteiger partial charge in [0.1, 0.15) is 0 Å². The van der Waals surface area contributed by atoms with Crippen molar-refractivity contribution < 1.29 is 13.5 Å². The smallest absolute Gasteiger partial charge is 0.244 e. The van der Waals surface area contributed by atoms with Crippen molar-refractivity contribution in [2.24, 2.45) is 5.92 Å². The molecule has 1 aromatic carbocycles. The highest BCUT2D eigenvalue weighted by atomic mass is 79.9. The van der Waals surface area contributed by atoms with Gasteiger partial charge in [0.15, 0.2) is 0 Å². The summed E-state index contributed by atoms with van der Waals surface area (Å²) in [6, 6.07) is 5.00. The van der Waals surface area contributed by atoms with E-state index in [1.165, 1.54) is 4.31 Å². The standard InChI is InChI=1S/C11H13Br2NO3S/c12-9-1-2-11(10(13)5-9)18(16,17)14-4-3-8(6-14)7-15/h1-2,5,8,15H,3-4,6-7H2/t8-/m1/s1. The average molecular weight is 399 g/mol. The second-order valence-electron chi connectivity index (χ2n) is 4.28. The molecular formula is C11H13Br2NO3S.